The zero-order valence-electron chi connectivity index (χ0n) is 12.2. The number of carboxylic acids is 1. The summed E-state index contributed by atoms with van der Waals surface area (Å²) in [6.07, 6.45) is 0.935. The average molecular weight is 285 g/mol. The van der Waals surface area contributed by atoms with Gasteiger partial charge >= 0.3 is 12.0 Å². The van der Waals surface area contributed by atoms with Crippen molar-refractivity contribution in [1.29, 1.82) is 0 Å². The van der Waals surface area contributed by atoms with Gasteiger partial charge in [0.15, 0.2) is 0 Å². The number of nitrogens with zero attached hydrogens (tertiary/aromatic N) is 1. The average Bonchev–Trinajstić information content (AvgIpc) is 2.81. The summed E-state index contributed by atoms with van der Waals surface area (Å²) in [6.45, 7) is 5.83. The van der Waals surface area contributed by atoms with Crippen LogP contribution in [0.3, 0.4) is 0 Å². The second-order valence-corrected chi connectivity index (χ2v) is 6.02. The molecular formula is C13H23N3O4. The van der Waals surface area contributed by atoms with Crippen LogP contribution in [0.5, 0.6) is 0 Å². The van der Waals surface area contributed by atoms with E-state index in [2.05, 4.69) is 5.32 Å². The Labute approximate surface area is 118 Å². The summed E-state index contributed by atoms with van der Waals surface area (Å²) in [4.78, 5) is 36.0. The van der Waals surface area contributed by atoms with Gasteiger partial charge < -0.3 is 21.1 Å². The van der Waals surface area contributed by atoms with Gasteiger partial charge in [0.25, 0.3) is 0 Å². The number of primary amides is 1. The van der Waals surface area contributed by atoms with E-state index < -0.39 is 22.7 Å². The van der Waals surface area contributed by atoms with Gasteiger partial charge in [-0.3, -0.25) is 9.59 Å². The number of nitrogens with one attached hydrogen (secondary N) is 1. The first kappa shape index (κ1) is 16.3. The van der Waals surface area contributed by atoms with E-state index >= 15 is 0 Å². The molecule has 0 aromatic carbocycles. The molecule has 1 aliphatic heterocycles. The Kier molecular flexibility index (Phi) is 4.62. The van der Waals surface area contributed by atoms with Gasteiger partial charge in [-0.2, -0.15) is 0 Å². The van der Waals surface area contributed by atoms with Gasteiger partial charge in [0.2, 0.25) is 5.91 Å². The summed E-state index contributed by atoms with van der Waals surface area (Å²) in [5.41, 5.74) is 3.55. The fourth-order valence-electron chi connectivity index (χ4n) is 2.16. The minimum Gasteiger partial charge on any atom is -0.481 e. The van der Waals surface area contributed by atoms with E-state index in [1.54, 1.807) is 13.8 Å². The van der Waals surface area contributed by atoms with Crippen molar-refractivity contribution in [2.75, 3.05) is 19.6 Å². The van der Waals surface area contributed by atoms with Crippen molar-refractivity contribution >= 4 is 17.9 Å². The van der Waals surface area contributed by atoms with Gasteiger partial charge in [-0.05, 0) is 26.7 Å². The standard InChI is InChI=1S/C13H23N3O4/c1-4-13(10(18)19)5-6-16(8-13)11(20)15-7-12(2,3)9(14)17/h4-8H2,1-3H3,(H2,14,17)(H,15,20)(H,18,19). The summed E-state index contributed by atoms with van der Waals surface area (Å²) in [5.74, 6) is -1.36. The summed E-state index contributed by atoms with van der Waals surface area (Å²) < 4.78 is 0. The predicted molar refractivity (Wildman–Crippen MR) is 72.9 cm³/mol. The number of rotatable bonds is 5. The molecule has 1 rings (SSSR count). The molecule has 3 amide bonds. The third-order valence-electron chi connectivity index (χ3n) is 4.12. The monoisotopic (exact) mass is 285 g/mol. The third-order valence-corrected chi connectivity index (χ3v) is 4.12. The van der Waals surface area contributed by atoms with Crippen LogP contribution >= 0.6 is 0 Å². The molecule has 1 aliphatic rings. The molecule has 0 radical (unpaired) electrons. The van der Waals surface area contributed by atoms with Crippen LogP contribution in [0.1, 0.15) is 33.6 Å². The number of carbonyl (C=O) groups is 3. The number of carbonyl (C=O) groups excluding carboxylic acids is 2. The first-order chi connectivity index (χ1) is 9.14. The van der Waals surface area contributed by atoms with E-state index in [1.165, 1.54) is 4.90 Å². The second-order valence-electron chi connectivity index (χ2n) is 6.02. The highest BCUT2D eigenvalue weighted by Crippen LogP contribution is 2.34. The van der Waals surface area contributed by atoms with Crippen molar-refractivity contribution in [3.8, 4) is 0 Å². The number of likely N-dealkylation sites (tertiary alicyclic amines) is 1. The maximum atomic E-state index is 12.0. The summed E-state index contributed by atoms with van der Waals surface area (Å²) >= 11 is 0. The van der Waals surface area contributed by atoms with E-state index in [-0.39, 0.29) is 19.1 Å². The molecule has 0 saturated carbocycles. The SMILES string of the molecule is CCC1(C(=O)O)CCN(C(=O)NCC(C)(C)C(N)=O)C1. The molecule has 0 spiro atoms. The van der Waals surface area contributed by atoms with Gasteiger partial charge in [-0.25, -0.2) is 4.79 Å². The molecule has 7 nitrogen and oxygen atoms in total. The topological polar surface area (TPSA) is 113 Å². The Hall–Kier alpha value is -1.79. The third kappa shape index (κ3) is 3.20. The second kappa shape index (κ2) is 5.68. The molecule has 0 bridgehead atoms. The maximum Gasteiger partial charge on any atom is 0.317 e. The van der Waals surface area contributed by atoms with Crippen molar-refractivity contribution in [3.63, 3.8) is 0 Å². The molecule has 1 fully saturated rings. The number of hydrogen-bond acceptors (Lipinski definition) is 3. The number of nitrogens with two attached hydrogens (primary N) is 1. The number of aliphatic carboxylic acids is 1. The number of carboxylic acid groups (broad SMARTS) is 1. The van der Waals surface area contributed by atoms with E-state index in [4.69, 9.17) is 5.73 Å². The minimum absolute atomic E-state index is 0.129. The summed E-state index contributed by atoms with van der Waals surface area (Å²) in [6, 6.07) is -0.351. The van der Waals surface area contributed by atoms with Crippen LogP contribution in [0.25, 0.3) is 0 Å². The Morgan fingerprint density at radius 1 is 1.40 bits per heavy atom. The van der Waals surface area contributed by atoms with Crippen LogP contribution in [0.2, 0.25) is 0 Å². The molecule has 0 aliphatic carbocycles. The van der Waals surface area contributed by atoms with E-state index in [9.17, 15) is 19.5 Å². The fourth-order valence-corrected chi connectivity index (χ4v) is 2.16. The van der Waals surface area contributed by atoms with Crippen LogP contribution in [0.15, 0.2) is 0 Å². The molecule has 0 aromatic rings. The Morgan fingerprint density at radius 3 is 2.40 bits per heavy atom. The Morgan fingerprint density at radius 2 is 2.00 bits per heavy atom. The minimum atomic E-state index is -0.868. The molecule has 0 aromatic heterocycles. The van der Waals surface area contributed by atoms with Crippen LogP contribution in [-0.2, 0) is 9.59 Å². The molecule has 20 heavy (non-hydrogen) atoms. The lowest BCUT2D eigenvalue weighted by atomic mass is 9.84. The first-order valence-electron chi connectivity index (χ1n) is 6.71. The summed E-state index contributed by atoms with van der Waals surface area (Å²) in [5, 5.41) is 11.9. The maximum absolute atomic E-state index is 12.0. The normalized spacial score (nSPS) is 22.6. The predicted octanol–water partition coefficient (Wildman–Crippen LogP) is 0.394. The largest absolute Gasteiger partial charge is 0.481 e. The Balaban J connectivity index is 2.59. The van der Waals surface area contributed by atoms with Crippen molar-refractivity contribution < 1.29 is 19.5 Å². The molecule has 7 heteroatoms. The van der Waals surface area contributed by atoms with Crippen molar-refractivity contribution in [2.45, 2.75) is 33.6 Å². The van der Waals surface area contributed by atoms with Gasteiger partial charge in [-0.1, -0.05) is 6.92 Å². The smallest absolute Gasteiger partial charge is 0.317 e. The van der Waals surface area contributed by atoms with Gasteiger partial charge in [0.1, 0.15) is 0 Å². The van der Waals surface area contributed by atoms with Crippen molar-refractivity contribution in [1.82, 2.24) is 10.2 Å². The van der Waals surface area contributed by atoms with Crippen LogP contribution in [0.4, 0.5) is 4.79 Å². The highest BCUT2D eigenvalue weighted by Gasteiger charge is 2.44. The van der Waals surface area contributed by atoms with Gasteiger partial charge in [-0.15, -0.1) is 0 Å². The number of hydrogen-bond donors (Lipinski definition) is 3. The highest BCUT2D eigenvalue weighted by molar-refractivity contribution is 5.82. The quantitative estimate of drug-likeness (QED) is 0.678. The first-order valence-corrected chi connectivity index (χ1v) is 6.71. The van der Waals surface area contributed by atoms with Crippen LogP contribution in [-0.4, -0.2) is 47.5 Å². The molecule has 1 saturated heterocycles. The number of urea groups is 1. The van der Waals surface area contributed by atoms with Crippen LogP contribution in [0, 0.1) is 10.8 Å². The lowest BCUT2D eigenvalue weighted by molar-refractivity contribution is -0.148. The number of amides is 3. The van der Waals surface area contributed by atoms with Gasteiger partial charge in [0.05, 0.1) is 10.8 Å². The van der Waals surface area contributed by atoms with Crippen molar-refractivity contribution in [3.05, 3.63) is 0 Å². The van der Waals surface area contributed by atoms with Crippen molar-refractivity contribution in [2.24, 2.45) is 16.6 Å². The molecule has 4 N–H and O–H groups in total. The lowest BCUT2D eigenvalue weighted by Crippen LogP contribution is -2.47. The molecule has 1 heterocycles. The van der Waals surface area contributed by atoms with Gasteiger partial charge in [0, 0.05) is 19.6 Å². The van der Waals surface area contributed by atoms with E-state index in [0.717, 1.165) is 0 Å². The molecule has 1 unspecified atom stereocenters. The molecule has 114 valence electrons. The highest BCUT2D eigenvalue weighted by atomic mass is 16.4. The molecular weight excluding hydrogens is 262 g/mol. The van der Waals surface area contributed by atoms with E-state index in [1.807, 2.05) is 6.92 Å². The zero-order valence-corrected chi connectivity index (χ0v) is 12.2. The fraction of sp³-hybridized carbons (Fsp3) is 0.769. The summed E-state index contributed by atoms with van der Waals surface area (Å²) in [7, 11) is 0. The lowest BCUT2D eigenvalue weighted by Gasteiger charge is -2.25. The zero-order chi connectivity index (χ0) is 15.6. The van der Waals surface area contributed by atoms with Crippen LogP contribution < -0.4 is 11.1 Å². The van der Waals surface area contributed by atoms with E-state index in [0.29, 0.717) is 19.4 Å². The Bertz CT molecular complexity index is 422. The molecule has 1 atom stereocenters.